The van der Waals surface area contributed by atoms with Crippen molar-refractivity contribution in [2.75, 3.05) is 18.5 Å². The smallest absolute Gasteiger partial charge is 0.321 e. The molecule has 2 rings (SSSR count). The molecule has 0 radical (unpaired) electrons. The highest BCUT2D eigenvalue weighted by Crippen LogP contribution is 2.22. The summed E-state index contributed by atoms with van der Waals surface area (Å²) in [7, 11) is -3.86. The standard InChI is InChI=1S/C19H21ClN2O5S/c1-12-4-7-17(16(20)8-12)22-18(23)11-27-19(24)10-21-28(25,26)15-6-5-13(2)14(3)9-15/h4-9,21H,10-11H2,1-3H3,(H,22,23). The van der Waals surface area contributed by atoms with Gasteiger partial charge in [0.25, 0.3) is 5.91 Å². The van der Waals surface area contributed by atoms with E-state index in [2.05, 4.69) is 10.0 Å². The van der Waals surface area contributed by atoms with E-state index in [-0.39, 0.29) is 4.90 Å². The average Bonchev–Trinajstić information content (AvgIpc) is 2.63. The first kappa shape index (κ1) is 21.9. The second-order valence-electron chi connectivity index (χ2n) is 6.26. The quantitative estimate of drug-likeness (QED) is 0.665. The lowest BCUT2D eigenvalue weighted by Crippen LogP contribution is -2.32. The van der Waals surface area contributed by atoms with Gasteiger partial charge in [0.15, 0.2) is 6.61 Å². The molecule has 0 aliphatic rings. The highest BCUT2D eigenvalue weighted by Gasteiger charge is 2.17. The Bertz CT molecular complexity index is 1010. The van der Waals surface area contributed by atoms with Gasteiger partial charge >= 0.3 is 5.97 Å². The molecule has 0 unspecified atom stereocenters. The van der Waals surface area contributed by atoms with Crippen molar-refractivity contribution in [3.05, 3.63) is 58.1 Å². The molecule has 0 aromatic heterocycles. The Morgan fingerprint density at radius 1 is 1.04 bits per heavy atom. The summed E-state index contributed by atoms with van der Waals surface area (Å²) in [5.41, 5.74) is 3.10. The van der Waals surface area contributed by atoms with Gasteiger partial charge in [-0.3, -0.25) is 9.59 Å². The molecule has 0 fully saturated rings. The number of benzene rings is 2. The molecule has 9 heteroatoms. The first-order chi connectivity index (χ1) is 13.1. The summed E-state index contributed by atoms with van der Waals surface area (Å²) < 4.78 is 31.4. The normalized spacial score (nSPS) is 11.1. The Morgan fingerprint density at radius 3 is 2.39 bits per heavy atom. The number of rotatable bonds is 7. The van der Waals surface area contributed by atoms with Crippen molar-refractivity contribution < 1.29 is 22.7 Å². The van der Waals surface area contributed by atoms with Crippen LogP contribution in [0.1, 0.15) is 16.7 Å². The van der Waals surface area contributed by atoms with E-state index in [9.17, 15) is 18.0 Å². The summed E-state index contributed by atoms with van der Waals surface area (Å²) in [6, 6.07) is 9.74. The third kappa shape index (κ3) is 6.05. The summed E-state index contributed by atoms with van der Waals surface area (Å²) in [6.45, 7) is 4.37. The number of ether oxygens (including phenoxy) is 1. The Balaban J connectivity index is 1.84. The molecule has 0 heterocycles. The van der Waals surface area contributed by atoms with Crippen LogP contribution in [0, 0.1) is 20.8 Å². The van der Waals surface area contributed by atoms with Crippen LogP contribution in [-0.4, -0.2) is 33.4 Å². The lowest BCUT2D eigenvalue weighted by Gasteiger charge is -2.10. The van der Waals surface area contributed by atoms with Gasteiger partial charge in [-0.2, -0.15) is 4.72 Å². The number of carbonyl (C=O) groups is 2. The van der Waals surface area contributed by atoms with Gasteiger partial charge < -0.3 is 10.1 Å². The van der Waals surface area contributed by atoms with Crippen LogP contribution in [0.25, 0.3) is 0 Å². The molecule has 28 heavy (non-hydrogen) atoms. The molecule has 2 N–H and O–H groups in total. The fourth-order valence-electron chi connectivity index (χ4n) is 2.22. The van der Waals surface area contributed by atoms with E-state index in [1.807, 2.05) is 13.8 Å². The van der Waals surface area contributed by atoms with Gasteiger partial charge in [0, 0.05) is 0 Å². The summed E-state index contributed by atoms with van der Waals surface area (Å²) in [5.74, 6) is -1.46. The first-order valence-electron chi connectivity index (χ1n) is 8.37. The fraction of sp³-hybridized carbons (Fsp3) is 0.263. The van der Waals surface area contributed by atoms with Crippen molar-refractivity contribution in [1.29, 1.82) is 0 Å². The van der Waals surface area contributed by atoms with Crippen LogP contribution in [0.3, 0.4) is 0 Å². The molecule has 0 saturated carbocycles. The third-order valence-corrected chi connectivity index (χ3v) is 5.67. The lowest BCUT2D eigenvalue weighted by molar-refractivity contribution is -0.146. The van der Waals surface area contributed by atoms with E-state index in [1.165, 1.54) is 12.1 Å². The second kappa shape index (κ2) is 9.18. The molecule has 0 aliphatic heterocycles. The van der Waals surface area contributed by atoms with Crippen LogP contribution in [0.2, 0.25) is 5.02 Å². The van der Waals surface area contributed by atoms with Crippen molar-refractivity contribution >= 4 is 39.2 Å². The van der Waals surface area contributed by atoms with Gasteiger partial charge in [-0.25, -0.2) is 8.42 Å². The average molecular weight is 425 g/mol. The van der Waals surface area contributed by atoms with Crippen molar-refractivity contribution in [2.24, 2.45) is 0 Å². The second-order valence-corrected chi connectivity index (χ2v) is 8.44. The maximum Gasteiger partial charge on any atom is 0.321 e. The van der Waals surface area contributed by atoms with E-state index >= 15 is 0 Å². The minimum absolute atomic E-state index is 0.0511. The van der Waals surface area contributed by atoms with Crippen LogP contribution >= 0.6 is 11.6 Å². The third-order valence-electron chi connectivity index (χ3n) is 3.96. The molecule has 150 valence electrons. The van der Waals surface area contributed by atoms with Gasteiger partial charge in [-0.05, 0) is 61.7 Å². The molecule has 0 spiro atoms. The largest absolute Gasteiger partial charge is 0.455 e. The van der Waals surface area contributed by atoms with Crippen molar-refractivity contribution in [2.45, 2.75) is 25.7 Å². The number of amides is 1. The number of hydrogen-bond acceptors (Lipinski definition) is 5. The Labute approximate surface area is 169 Å². The summed E-state index contributed by atoms with van der Waals surface area (Å²) >= 11 is 6.02. The number of hydrogen-bond donors (Lipinski definition) is 2. The summed E-state index contributed by atoms with van der Waals surface area (Å²) in [6.07, 6.45) is 0. The minimum atomic E-state index is -3.86. The number of esters is 1. The molecule has 1 amide bonds. The van der Waals surface area contributed by atoms with Gasteiger partial charge in [-0.1, -0.05) is 23.7 Å². The zero-order valence-corrected chi connectivity index (χ0v) is 17.3. The van der Waals surface area contributed by atoms with Crippen molar-refractivity contribution in [3.63, 3.8) is 0 Å². The minimum Gasteiger partial charge on any atom is -0.455 e. The van der Waals surface area contributed by atoms with Gasteiger partial charge in [0.2, 0.25) is 10.0 Å². The van der Waals surface area contributed by atoms with E-state index in [0.717, 1.165) is 16.7 Å². The van der Waals surface area contributed by atoms with Crippen LogP contribution in [0.5, 0.6) is 0 Å². The molecule has 0 saturated heterocycles. The highest BCUT2D eigenvalue weighted by atomic mass is 35.5. The monoisotopic (exact) mass is 424 g/mol. The van der Waals surface area contributed by atoms with Gasteiger partial charge in [0.05, 0.1) is 15.6 Å². The molecular formula is C19H21ClN2O5S. The number of nitrogens with one attached hydrogen (secondary N) is 2. The molecule has 2 aromatic carbocycles. The molecular weight excluding hydrogens is 404 g/mol. The van der Waals surface area contributed by atoms with Crippen LogP contribution in [0.15, 0.2) is 41.3 Å². The number of anilines is 1. The topological polar surface area (TPSA) is 102 Å². The molecule has 0 bridgehead atoms. The predicted molar refractivity (Wildman–Crippen MR) is 107 cm³/mol. The lowest BCUT2D eigenvalue weighted by atomic mass is 10.1. The highest BCUT2D eigenvalue weighted by molar-refractivity contribution is 7.89. The van der Waals surface area contributed by atoms with E-state index in [0.29, 0.717) is 10.7 Å². The SMILES string of the molecule is Cc1ccc(NC(=O)COC(=O)CNS(=O)(=O)c2ccc(C)c(C)c2)c(Cl)c1. The zero-order valence-electron chi connectivity index (χ0n) is 15.7. The Morgan fingerprint density at radius 2 is 1.75 bits per heavy atom. The van der Waals surface area contributed by atoms with Crippen LogP contribution in [0.4, 0.5) is 5.69 Å². The maximum atomic E-state index is 12.2. The Kier molecular flexibility index (Phi) is 7.17. The fourth-order valence-corrected chi connectivity index (χ4v) is 3.56. The van der Waals surface area contributed by atoms with Crippen LogP contribution in [-0.2, 0) is 24.3 Å². The molecule has 0 atom stereocenters. The van der Waals surface area contributed by atoms with Crippen molar-refractivity contribution in [1.82, 2.24) is 4.72 Å². The zero-order chi connectivity index (χ0) is 20.9. The summed E-state index contributed by atoms with van der Waals surface area (Å²) in [5, 5.41) is 2.88. The van der Waals surface area contributed by atoms with Gasteiger partial charge in [-0.15, -0.1) is 0 Å². The van der Waals surface area contributed by atoms with E-state index < -0.39 is 35.1 Å². The van der Waals surface area contributed by atoms with E-state index in [1.54, 1.807) is 31.2 Å². The van der Waals surface area contributed by atoms with Crippen LogP contribution < -0.4 is 10.0 Å². The number of sulfonamides is 1. The maximum absolute atomic E-state index is 12.2. The Hall–Kier alpha value is -2.42. The van der Waals surface area contributed by atoms with Gasteiger partial charge in [0.1, 0.15) is 6.54 Å². The number of aryl methyl sites for hydroxylation is 3. The molecule has 2 aromatic rings. The summed E-state index contributed by atoms with van der Waals surface area (Å²) in [4.78, 5) is 23.7. The number of carbonyl (C=O) groups excluding carboxylic acids is 2. The van der Waals surface area contributed by atoms with E-state index in [4.69, 9.17) is 16.3 Å². The first-order valence-corrected chi connectivity index (χ1v) is 10.2. The van der Waals surface area contributed by atoms with Crippen molar-refractivity contribution in [3.8, 4) is 0 Å². The molecule has 0 aliphatic carbocycles. The predicted octanol–water partition coefficient (Wildman–Crippen LogP) is 2.73. The molecule has 7 nitrogen and oxygen atoms in total. The number of halogens is 1.